The van der Waals surface area contributed by atoms with Gasteiger partial charge in [0.15, 0.2) is 5.82 Å². The Bertz CT molecular complexity index is 764. The zero-order chi connectivity index (χ0) is 19.4. The van der Waals surface area contributed by atoms with Crippen LogP contribution < -0.4 is 5.32 Å². The zero-order valence-electron chi connectivity index (χ0n) is 16.6. The summed E-state index contributed by atoms with van der Waals surface area (Å²) < 4.78 is 0. The summed E-state index contributed by atoms with van der Waals surface area (Å²) in [5.41, 5.74) is 0.944. The molecule has 2 N–H and O–H groups in total. The van der Waals surface area contributed by atoms with Gasteiger partial charge in [0.2, 0.25) is 5.91 Å². The number of aryl methyl sites for hydroxylation is 1. The normalized spacial score (nSPS) is 26.6. The van der Waals surface area contributed by atoms with Crippen molar-refractivity contribution in [1.82, 2.24) is 30.8 Å². The van der Waals surface area contributed by atoms with Crippen LogP contribution in [0, 0.1) is 5.41 Å². The molecule has 2 aliphatic rings. The van der Waals surface area contributed by atoms with E-state index in [1.165, 1.54) is 12.0 Å². The second-order valence-electron chi connectivity index (χ2n) is 8.19. The van der Waals surface area contributed by atoms with Crippen LogP contribution in [0.5, 0.6) is 0 Å². The molecular formula is C21H30N6O. The number of carbonyl (C=O) groups is 1. The number of nitrogens with zero attached hydrogens (tertiary/aromatic N) is 4. The fourth-order valence-electron chi connectivity index (χ4n) is 5.29. The Hall–Kier alpha value is -2.28. The number of rotatable bonds is 9. The number of benzene rings is 1. The number of amides is 1. The van der Waals surface area contributed by atoms with Gasteiger partial charge in [-0.1, -0.05) is 42.5 Å². The number of fused-ring (bicyclic) bond motifs is 2. The zero-order valence-corrected chi connectivity index (χ0v) is 16.6. The molecule has 0 spiro atoms. The van der Waals surface area contributed by atoms with Crippen molar-refractivity contribution in [1.29, 1.82) is 0 Å². The van der Waals surface area contributed by atoms with Gasteiger partial charge in [0.25, 0.3) is 0 Å². The number of aromatic nitrogens is 4. The van der Waals surface area contributed by atoms with E-state index in [0.717, 1.165) is 45.1 Å². The number of aromatic amines is 1. The van der Waals surface area contributed by atoms with Crippen LogP contribution in [-0.2, 0) is 17.6 Å². The second kappa shape index (κ2) is 8.39. The summed E-state index contributed by atoms with van der Waals surface area (Å²) in [5.74, 6) is 0.917. The van der Waals surface area contributed by atoms with E-state index in [1.54, 1.807) is 0 Å². The van der Waals surface area contributed by atoms with E-state index in [-0.39, 0.29) is 11.3 Å². The van der Waals surface area contributed by atoms with Crippen molar-refractivity contribution in [2.24, 2.45) is 5.41 Å². The molecule has 0 saturated carbocycles. The molecule has 4 rings (SSSR count). The Balaban J connectivity index is 1.46. The molecule has 0 aliphatic carbocycles. The summed E-state index contributed by atoms with van der Waals surface area (Å²) in [6.45, 7) is 3.97. The maximum absolute atomic E-state index is 13.5. The molecular weight excluding hydrogens is 352 g/mol. The van der Waals surface area contributed by atoms with Gasteiger partial charge in [0.05, 0.1) is 5.41 Å². The van der Waals surface area contributed by atoms with Crippen LogP contribution in [-0.4, -0.2) is 56.6 Å². The highest BCUT2D eigenvalue weighted by molar-refractivity contribution is 5.84. The highest BCUT2D eigenvalue weighted by Crippen LogP contribution is 2.51. The molecule has 1 amide bonds. The van der Waals surface area contributed by atoms with Gasteiger partial charge < -0.3 is 5.32 Å². The van der Waals surface area contributed by atoms with E-state index in [9.17, 15) is 4.79 Å². The topological polar surface area (TPSA) is 86.8 Å². The first-order valence-electron chi connectivity index (χ1n) is 10.5. The maximum Gasteiger partial charge on any atom is 0.228 e. The summed E-state index contributed by atoms with van der Waals surface area (Å²) in [6, 6.07) is 11.4. The quantitative estimate of drug-likeness (QED) is 0.649. The number of nitrogens with one attached hydrogen (secondary N) is 2. The van der Waals surface area contributed by atoms with E-state index >= 15 is 0 Å². The van der Waals surface area contributed by atoms with Crippen molar-refractivity contribution < 1.29 is 4.79 Å². The third-order valence-corrected chi connectivity index (χ3v) is 6.43. The molecule has 2 saturated heterocycles. The molecule has 0 unspecified atom stereocenters. The Morgan fingerprint density at radius 3 is 2.93 bits per heavy atom. The van der Waals surface area contributed by atoms with Crippen molar-refractivity contribution in [3.8, 4) is 0 Å². The van der Waals surface area contributed by atoms with Gasteiger partial charge in [0, 0.05) is 25.0 Å². The molecule has 1 aromatic heterocycles. The average molecular weight is 383 g/mol. The molecule has 2 bridgehead atoms. The lowest BCUT2D eigenvalue weighted by Crippen LogP contribution is -2.50. The van der Waals surface area contributed by atoms with Gasteiger partial charge in [0.1, 0.15) is 0 Å². The van der Waals surface area contributed by atoms with Crippen molar-refractivity contribution in [2.45, 2.75) is 64.0 Å². The molecule has 0 radical (unpaired) electrons. The molecule has 28 heavy (non-hydrogen) atoms. The summed E-state index contributed by atoms with van der Waals surface area (Å²) in [4.78, 5) is 16.1. The van der Waals surface area contributed by atoms with Gasteiger partial charge in [-0.2, -0.15) is 5.21 Å². The lowest BCUT2D eigenvalue weighted by molar-refractivity contribution is -0.133. The Labute approximate surface area is 166 Å². The molecule has 2 aromatic rings. The van der Waals surface area contributed by atoms with Crippen LogP contribution in [0.1, 0.15) is 50.4 Å². The molecule has 3 atom stereocenters. The first-order valence-corrected chi connectivity index (χ1v) is 10.5. The van der Waals surface area contributed by atoms with Crippen LogP contribution in [0.15, 0.2) is 30.3 Å². The largest absolute Gasteiger partial charge is 0.356 e. The van der Waals surface area contributed by atoms with Crippen LogP contribution in [0.3, 0.4) is 0 Å². The Morgan fingerprint density at radius 1 is 1.32 bits per heavy atom. The van der Waals surface area contributed by atoms with Gasteiger partial charge in [-0.15, -0.1) is 10.2 Å². The summed E-state index contributed by atoms with van der Waals surface area (Å²) in [7, 11) is 0. The third kappa shape index (κ3) is 3.68. The molecule has 2 fully saturated rings. The number of hydrogen-bond acceptors (Lipinski definition) is 5. The summed E-state index contributed by atoms with van der Waals surface area (Å²) >= 11 is 0. The fraction of sp³-hybridized carbons (Fsp3) is 0.619. The predicted molar refractivity (Wildman–Crippen MR) is 107 cm³/mol. The molecule has 3 heterocycles. The summed E-state index contributed by atoms with van der Waals surface area (Å²) in [5, 5.41) is 17.2. The molecule has 1 aromatic carbocycles. The minimum absolute atomic E-state index is 0.220. The van der Waals surface area contributed by atoms with E-state index in [2.05, 4.69) is 62.0 Å². The van der Waals surface area contributed by atoms with Crippen LogP contribution in [0.4, 0.5) is 0 Å². The molecule has 2 aliphatic heterocycles. The minimum atomic E-state index is -0.314. The Kier molecular flexibility index (Phi) is 5.71. The fourth-order valence-corrected chi connectivity index (χ4v) is 5.29. The standard InChI is InChI=1S/C21H30N6O/c1-2-13-27-17-10-11-18(27)21(15-17,14-16-7-4-3-5-8-16)20(28)22-12-6-9-19-23-25-26-24-19/h3-5,7-8,17-18H,2,6,9-15H2,1H3,(H,22,28)(H,23,24,25,26)/t17-,18+,21+/m0/s1. The van der Waals surface area contributed by atoms with Crippen molar-refractivity contribution >= 4 is 5.91 Å². The predicted octanol–water partition coefficient (Wildman–Crippen LogP) is 2.12. The van der Waals surface area contributed by atoms with Gasteiger partial charge in [-0.3, -0.25) is 9.69 Å². The molecule has 7 heteroatoms. The smallest absolute Gasteiger partial charge is 0.228 e. The highest BCUT2D eigenvalue weighted by Gasteiger charge is 2.59. The maximum atomic E-state index is 13.5. The number of tetrazole rings is 1. The number of carbonyl (C=O) groups excluding carboxylic acids is 1. The number of H-pyrrole nitrogens is 1. The van der Waals surface area contributed by atoms with Crippen LogP contribution >= 0.6 is 0 Å². The van der Waals surface area contributed by atoms with Crippen molar-refractivity contribution in [2.75, 3.05) is 13.1 Å². The lowest BCUT2D eigenvalue weighted by atomic mass is 9.69. The van der Waals surface area contributed by atoms with Crippen molar-refractivity contribution in [3.05, 3.63) is 41.7 Å². The highest BCUT2D eigenvalue weighted by atomic mass is 16.2. The summed E-state index contributed by atoms with van der Waals surface area (Å²) in [6.07, 6.45) is 6.84. The van der Waals surface area contributed by atoms with Crippen molar-refractivity contribution in [3.63, 3.8) is 0 Å². The molecule has 7 nitrogen and oxygen atoms in total. The molecule has 150 valence electrons. The van der Waals surface area contributed by atoms with E-state index in [1.807, 2.05) is 6.07 Å². The number of hydrogen-bond donors (Lipinski definition) is 2. The monoisotopic (exact) mass is 382 g/mol. The first-order chi connectivity index (χ1) is 13.7. The Morgan fingerprint density at radius 2 is 2.18 bits per heavy atom. The first kappa shape index (κ1) is 19.1. The third-order valence-electron chi connectivity index (χ3n) is 6.43. The van der Waals surface area contributed by atoms with Gasteiger partial charge in [-0.05, 0) is 50.6 Å². The van der Waals surface area contributed by atoms with Gasteiger partial charge in [-0.25, -0.2) is 0 Å². The average Bonchev–Trinajstić information content (AvgIpc) is 3.43. The van der Waals surface area contributed by atoms with Gasteiger partial charge >= 0.3 is 0 Å². The van der Waals surface area contributed by atoms with Crippen LogP contribution in [0.25, 0.3) is 0 Å². The van der Waals surface area contributed by atoms with E-state index in [0.29, 0.717) is 24.5 Å². The van der Waals surface area contributed by atoms with Crippen LogP contribution in [0.2, 0.25) is 0 Å². The lowest BCUT2D eigenvalue weighted by Gasteiger charge is -2.36. The van der Waals surface area contributed by atoms with E-state index in [4.69, 9.17) is 0 Å². The van der Waals surface area contributed by atoms with E-state index < -0.39 is 0 Å². The minimum Gasteiger partial charge on any atom is -0.356 e. The second-order valence-corrected chi connectivity index (χ2v) is 8.19. The SMILES string of the molecule is CCCN1[C@H]2CC[C@@H]1[C@](Cc1ccccc1)(C(=O)NCCCc1nn[nH]n1)C2.